The second kappa shape index (κ2) is 3.62. The minimum absolute atomic E-state index is 0.149. The van der Waals surface area contributed by atoms with Gasteiger partial charge in [-0.1, -0.05) is 6.07 Å². The lowest BCUT2D eigenvalue weighted by Crippen LogP contribution is -2.36. The average Bonchev–Trinajstić information content (AvgIpc) is 2.40. The van der Waals surface area contributed by atoms with Gasteiger partial charge in [0.15, 0.2) is 9.84 Å². The number of sulfone groups is 1. The van der Waals surface area contributed by atoms with E-state index >= 15 is 0 Å². The van der Waals surface area contributed by atoms with Crippen LogP contribution in [0.15, 0.2) is 18.2 Å². The maximum Gasteiger partial charge on any atom is 0.152 e. The van der Waals surface area contributed by atoms with E-state index in [2.05, 4.69) is 10.3 Å². The van der Waals surface area contributed by atoms with Crippen LogP contribution in [0.25, 0.3) is 0 Å². The van der Waals surface area contributed by atoms with Crippen LogP contribution in [0.2, 0.25) is 0 Å². The van der Waals surface area contributed by atoms with Crippen LogP contribution < -0.4 is 11.1 Å². The highest BCUT2D eigenvalue weighted by Gasteiger charge is 2.38. The molecule has 1 atom stereocenters. The predicted molar refractivity (Wildman–Crippen MR) is 63.9 cm³/mol. The lowest BCUT2D eigenvalue weighted by molar-refractivity contribution is 0.572. The van der Waals surface area contributed by atoms with Crippen LogP contribution in [0.3, 0.4) is 0 Å². The summed E-state index contributed by atoms with van der Waals surface area (Å²) in [5.41, 5.74) is 5.13. The maximum absolute atomic E-state index is 11.4. The van der Waals surface area contributed by atoms with Gasteiger partial charge in [-0.05, 0) is 25.5 Å². The van der Waals surface area contributed by atoms with E-state index < -0.39 is 15.4 Å². The zero-order valence-corrected chi connectivity index (χ0v) is 9.92. The monoisotopic (exact) mass is 241 g/mol. The number of pyridine rings is 1. The molecule has 1 saturated heterocycles. The number of hydrogen-bond donors (Lipinski definition) is 2. The first kappa shape index (κ1) is 11.2. The van der Waals surface area contributed by atoms with Crippen LogP contribution in [-0.2, 0) is 9.84 Å². The molecule has 1 aliphatic heterocycles. The average molecular weight is 241 g/mol. The second-order valence-electron chi connectivity index (χ2n) is 4.48. The van der Waals surface area contributed by atoms with Crippen molar-refractivity contribution in [3.05, 3.63) is 18.2 Å². The fourth-order valence-corrected chi connectivity index (χ4v) is 4.03. The van der Waals surface area contributed by atoms with Crippen LogP contribution in [0, 0.1) is 0 Å². The number of nitrogens with zero attached hydrogens (tertiary/aromatic N) is 1. The summed E-state index contributed by atoms with van der Waals surface area (Å²) in [7, 11) is -2.91. The molecule has 1 aromatic rings. The molecule has 1 aliphatic rings. The Morgan fingerprint density at radius 3 is 2.81 bits per heavy atom. The van der Waals surface area contributed by atoms with E-state index in [0.717, 1.165) is 0 Å². The number of anilines is 2. The summed E-state index contributed by atoms with van der Waals surface area (Å²) in [6.07, 6.45) is 0.603. The Bertz CT molecular complexity index is 501. The van der Waals surface area contributed by atoms with Crippen LogP contribution in [-0.4, -0.2) is 30.4 Å². The molecule has 88 valence electrons. The van der Waals surface area contributed by atoms with E-state index in [1.54, 1.807) is 18.2 Å². The summed E-state index contributed by atoms with van der Waals surface area (Å²) in [5.74, 6) is 1.43. The third kappa shape index (κ3) is 2.44. The van der Waals surface area contributed by atoms with Gasteiger partial charge in [-0.3, -0.25) is 0 Å². The van der Waals surface area contributed by atoms with Crippen LogP contribution in [0.5, 0.6) is 0 Å². The van der Waals surface area contributed by atoms with Crippen molar-refractivity contribution in [2.75, 3.05) is 22.6 Å². The minimum atomic E-state index is -2.91. The van der Waals surface area contributed by atoms with Crippen molar-refractivity contribution >= 4 is 21.5 Å². The number of nitrogen functional groups attached to an aromatic ring is 1. The summed E-state index contributed by atoms with van der Waals surface area (Å²) in [6.45, 7) is 1.89. The first-order valence-electron chi connectivity index (χ1n) is 5.10. The molecular weight excluding hydrogens is 226 g/mol. The Kier molecular flexibility index (Phi) is 2.53. The fourth-order valence-electron chi connectivity index (χ4n) is 1.94. The molecule has 6 heteroatoms. The third-order valence-electron chi connectivity index (χ3n) is 2.70. The molecular formula is C10H15N3O2S. The summed E-state index contributed by atoms with van der Waals surface area (Å²) in [6, 6.07) is 5.27. The van der Waals surface area contributed by atoms with Gasteiger partial charge in [-0.15, -0.1) is 0 Å². The summed E-state index contributed by atoms with van der Waals surface area (Å²) >= 11 is 0. The number of nitrogens with one attached hydrogen (secondary N) is 1. The molecule has 0 spiro atoms. The standard InChI is InChI=1S/C10H15N3O2S/c1-10(5-6-16(14,15)7-10)13-9-4-2-3-8(11)12-9/h2-4H,5-7H2,1H3,(H3,11,12,13). The summed E-state index contributed by atoms with van der Waals surface area (Å²) < 4.78 is 22.8. The molecule has 16 heavy (non-hydrogen) atoms. The predicted octanol–water partition coefficient (Wildman–Crippen LogP) is 0.653. The number of hydrogen-bond acceptors (Lipinski definition) is 5. The van der Waals surface area contributed by atoms with Crippen molar-refractivity contribution in [2.45, 2.75) is 18.9 Å². The van der Waals surface area contributed by atoms with Gasteiger partial charge < -0.3 is 11.1 Å². The number of nitrogens with two attached hydrogens (primary N) is 1. The second-order valence-corrected chi connectivity index (χ2v) is 6.66. The highest BCUT2D eigenvalue weighted by atomic mass is 32.2. The van der Waals surface area contributed by atoms with E-state index in [-0.39, 0.29) is 11.5 Å². The Balaban J connectivity index is 2.16. The van der Waals surface area contributed by atoms with Gasteiger partial charge in [0.05, 0.1) is 17.0 Å². The van der Waals surface area contributed by atoms with E-state index in [1.165, 1.54) is 0 Å². The molecule has 3 N–H and O–H groups in total. The molecule has 1 unspecified atom stereocenters. The smallest absolute Gasteiger partial charge is 0.152 e. The molecule has 0 saturated carbocycles. The van der Waals surface area contributed by atoms with Crippen molar-refractivity contribution in [1.29, 1.82) is 0 Å². The van der Waals surface area contributed by atoms with Crippen molar-refractivity contribution in [3.63, 3.8) is 0 Å². The Labute approximate surface area is 95.0 Å². The van der Waals surface area contributed by atoms with Crippen molar-refractivity contribution < 1.29 is 8.42 Å². The Hall–Kier alpha value is -1.30. The van der Waals surface area contributed by atoms with Crippen molar-refractivity contribution in [2.24, 2.45) is 0 Å². The molecule has 1 fully saturated rings. The van der Waals surface area contributed by atoms with Gasteiger partial charge in [-0.2, -0.15) is 0 Å². The molecule has 0 aromatic carbocycles. The van der Waals surface area contributed by atoms with Crippen LogP contribution in [0.1, 0.15) is 13.3 Å². The Morgan fingerprint density at radius 1 is 1.50 bits per heavy atom. The van der Waals surface area contributed by atoms with E-state index in [4.69, 9.17) is 5.73 Å². The fraction of sp³-hybridized carbons (Fsp3) is 0.500. The highest BCUT2D eigenvalue weighted by Crippen LogP contribution is 2.26. The summed E-state index contributed by atoms with van der Waals surface area (Å²) in [5, 5.41) is 3.14. The van der Waals surface area contributed by atoms with E-state index in [1.807, 2.05) is 6.92 Å². The van der Waals surface area contributed by atoms with Gasteiger partial charge in [0, 0.05) is 0 Å². The molecule has 1 aromatic heterocycles. The van der Waals surface area contributed by atoms with Crippen LogP contribution in [0.4, 0.5) is 11.6 Å². The molecule has 0 amide bonds. The topological polar surface area (TPSA) is 85.1 Å². The van der Waals surface area contributed by atoms with Gasteiger partial charge >= 0.3 is 0 Å². The molecule has 2 heterocycles. The normalized spacial score (nSPS) is 27.8. The quantitative estimate of drug-likeness (QED) is 0.794. The van der Waals surface area contributed by atoms with Crippen molar-refractivity contribution in [3.8, 4) is 0 Å². The molecule has 2 rings (SSSR count). The zero-order valence-electron chi connectivity index (χ0n) is 9.10. The van der Waals surface area contributed by atoms with E-state index in [9.17, 15) is 8.42 Å². The highest BCUT2D eigenvalue weighted by molar-refractivity contribution is 7.91. The molecule has 0 bridgehead atoms. The van der Waals surface area contributed by atoms with Gasteiger partial charge in [0.25, 0.3) is 0 Å². The molecule has 5 nitrogen and oxygen atoms in total. The van der Waals surface area contributed by atoms with Gasteiger partial charge in [-0.25, -0.2) is 13.4 Å². The first-order chi connectivity index (χ1) is 7.39. The Morgan fingerprint density at radius 2 is 2.25 bits per heavy atom. The third-order valence-corrected chi connectivity index (χ3v) is 4.61. The lowest BCUT2D eigenvalue weighted by Gasteiger charge is -2.24. The maximum atomic E-state index is 11.4. The first-order valence-corrected chi connectivity index (χ1v) is 6.92. The minimum Gasteiger partial charge on any atom is -0.384 e. The number of aromatic nitrogens is 1. The number of rotatable bonds is 2. The van der Waals surface area contributed by atoms with Gasteiger partial charge in [0.2, 0.25) is 0 Å². The van der Waals surface area contributed by atoms with E-state index in [0.29, 0.717) is 18.1 Å². The van der Waals surface area contributed by atoms with Crippen LogP contribution >= 0.6 is 0 Å². The SMILES string of the molecule is CC1(Nc2cccc(N)n2)CCS(=O)(=O)C1. The van der Waals surface area contributed by atoms with Gasteiger partial charge in [0.1, 0.15) is 11.6 Å². The van der Waals surface area contributed by atoms with Crippen molar-refractivity contribution in [1.82, 2.24) is 4.98 Å². The molecule has 0 radical (unpaired) electrons. The molecule has 0 aliphatic carbocycles. The zero-order chi connectivity index (χ0) is 11.8. The summed E-state index contributed by atoms with van der Waals surface area (Å²) in [4.78, 5) is 4.10. The largest absolute Gasteiger partial charge is 0.384 e. The lowest BCUT2D eigenvalue weighted by atomic mass is 10.0.